The minimum absolute atomic E-state index is 0.162. The summed E-state index contributed by atoms with van der Waals surface area (Å²) in [7, 11) is 0. The Hall–Kier alpha value is -1.36. The van der Waals surface area contributed by atoms with E-state index in [0.29, 0.717) is 11.5 Å². The van der Waals surface area contributed by atoms with Gasteiger partial charge in [0.05, 0.1) is 0 Å². The van der Waals surface area contributed by atoms with E-state index in [9.17, 15) is 4.79 Å². The van der Waals surface area contributed by atoms with Gasteiger partial charge in [-0.1, -0.05) is 6.07 Å². The molecule has 0 bridgehead atoms. The number of hydrogen-bond acceptors (Lipinski definition) is 4. The van der Waals surface area contributed by atoms with E-state index in [4.69, 9.17) is 4.74 Å². The van der Waals surface area contributed by atoms with Gasteiger partial charge in [-0.3, -0.25) is 0 Å². The van der Waals surface area contributed by atoms with Crippen LogP contribution in [0.4, 0.5) is 10.5 Å². The number of amides is 1. The standard InChI is InChI=1S/C20H30N2O2S/c1-19(2,3)24-18(23)22-10-8-20(9-11-22)13-16(14-20)21-15-6-5-7-17(12-15)25-4/h5-7,12,16,21H,8-11,13-14H2,1-4H3. The average molecular weight is 363 g/mol. The molecule has 0 unspecified atom stereocenters. The molecule has 25 heavy (non-hydrogen) atoms. The maximum Gasteiger partial charge on any atom is 0.410 e. The maximum absolute atomic E-state index is 12.2. The van der Waals surface area contributed by atoms with Crippen molar-refractivity contribution < 1.29 is 9.53 Å². The van der Waals surface area contributed by atoms with Crippen molar-refractivity contribution in [2.45, 2.75) is 63.0 Å². The van der Waals surface area contributed by atoms with Gasteiger partial charge < -0.3 is 15.0 Å². The van der Waals surface area contributed by atoms with Crippen molar-refractivity contribution in [1.82, 2.24) is 4.90 Å². The lowest BCUT2D eigenvalue weighted by molar-refractivity contribution is -0.00859. The highest BCUT2D eigenvalue weighted by Gasteiger charge is 2.46. The first kappa shape index (κ1) is 18.4. The summed E-state index contributed by atoms with van der Waals surface area (Å²) in [5.74, 6) is 0. The molecule has 1 aromatic carbocycles. The number of nitrogens with one attached hydrogen (secondary N) is 1. The van der Waals surface area contributed by atoms with Gasteiger partial charge in [0, 0.05) is 29.7 Å². The number of rotatable bonds is 3. The van der Waals surface area contributed by atoms with Crippen molar-refractivity contribution in [2.75, 3.05) is 24.7 Å². The lowest BCUT2D eigenvalue weighted by atomic mass is 9.60. The molecule has 1 saturated heterocycles. The smallest absolute Gasteiger partial charge is 0.410 e. The zero-order valence-electron chi connectivity index (χ0n) is 15.8. The minimum Gasteiger partial charge on any atom is -0.444 e. The molecule has 3 rings (SSSR count). The molecule has 5 heteroatoms. The monoisotopic (exact) mass is 362 g/mol. The van der Waals surface area contributed by atoms with Crippen LogP contribution in [-0.2, 0) is 4.74 Å². The molecule has 1 saturated carbocycles. The first-order chi connectivity index (χ1) is 11.8. The van der Waals surface area contributed by atoms with Crippen molar-refractivity contribution in [3.8, 4) is 0 Å². The third-order valence-corrected chi connectivity index (χ3v) is 6.00. The zero-order chi connectivity index (χ0) is 18.1. The molecule has 0 atom stereocenters. The second-order valence-corrected chi connectivity index (χ2v) is 9.33. The van der Waals surface area contributed by atoms with Crippen molar-refractivity contribution >= 4 is 23.5 Å². The van der Waals surface area contributed by atoms with Gasteiger partial charge in [0.25, 0.3) is 0 Å². The molecule has 1 aliphatic heterocycles. The fourth-order valence-electron chi connectivity index (χ4n) is 3.93. The Balaban J connectivity index is 1.46. The van der Waals surface area contributed by atoms with Crippen LogP contribution < -0.4 is 5.32 Å². The molecule has 1 aliphatic carbocycles. The second-order valence-electron chi connectivity index (χ2n) is 8.45. The lowest BCUT2D eigenvalue weighted by Crippen LogP contribution is -2.53. The zero-order valence-corrected chi connectivity index (χ0v) is 16.6. The number of carbonyl (C=O) groups excluding carboxylic acids is 1. The fourth-order valence-corrected chi connectivity index (χ4v) is 4.39. The van der Waals surface area contributed by atoms with E-state index in [1.54, 1.807) is 11.8 Å². The highest BCUT2D eigenvalue weighted by Crippen LogP contribution is 2.50. The van der Waals surface area contributed by atoms with E-state index >= 15 is 0 Å². The summed E-state index contributed by atoms with van der Waals surface area (Å²) in [6, 6.07) is 9.19. The van der Waals surface area contributed by atoms with E-state index in [-0.39, 0.29) is 6.09 Å². The maximum atomic E-state index is 12.2. The molecule has 1 aromatic rings. The van der Waals surface area contributed by atoms with Gasteiger partial charge in [0.2, 0.25) is 0 Å². The summed E-state index contributed by atoms with van der Waals surface area (Å²) in [4.78, 5) is 15.4. The Morgan fingerprint density at radius 3 is 2.56 bits per heavy atom. The van der Waals surface area contributed by atoms with Gasteiger partial charge in [-0.2, -0.15) is 0 Å². The van der Waals surface area contributed by atoms with Crippen LogP contribution in [0.25, 0.3) is 0 Å². The van der Waals surface area contributed by atoms with Crippen LogP contribution in [0.2, 0.25) is 0 Å². The van der Waals surface area contributed by atoms with Gasteiger partial charge in [-0.15, -0.1) is 11.8 Å². The van der Waals surface area contributed by atoms with E-state index < -0.39 is 5.60 Å². The van der Waals surface area contributed by atoms with Crippen LogP contribution in [0.3, 0.4) is 0 Å². The summed E-state index contributed by atoms with van der Waals surface area (Å²) >= 11 is 1.77. The van der Waals surface area contributed by atoms with E-state index in [1.807, 2.05) is 25.7 Å². The number of carbonyl (C=O) groups is 1. The Morgan fingerprint density at radius 1 is 1.28 bits per heavy atom. The number of likely N-dealkylation sites (tertiary alicyclic amines) is 1. The van der Waals surface area contributed by atoms with E-state index in [1.165, 1.54) is 23.4 Å². The highest BCUT2D eigenvalue weighted by atomic mass is 32.2. The number of hydrogen-bond donors (Lipinski definition) is 1. The Morgan fingerprint density at radius 2 is 1.96 bits per heavy atom. The molecule has 0 aromatic heterocycles. The Labute approximate surface area is 155 Å². The van der Waals surface area contributed by atoms with Gasteiger partial charge in [0.15, 0.2) is 0 Å². The van der Waals surface area contributed by atoms with Crippen LogP contribution in [0.15, 0.2) is 29.2 Å². The SMILES string of the molecule is CSc1cccc(NC2CC3(CCN(C(=O)OC(C)(C)C)CC3)C2)c1. The molecule has 0 radical (unpaired) electrons. The van der Waals surface area contributed by atoms with E-state index in [0.717, 1.165) is 25.9 Å². The van der Waals surface area contributed by atoms with Crippen LogP contribution in [0.5, 0.6) is 0 Å². The topological polar surface area (TPSA) is 41.6 Å². The molecule has 1 amide bonds. The van der Waals surface area contributed by atoms with Crippen molar-refractivity contribution in [1.29, 1.82) is 0 Å². The van der Waals surface area contributed by atoms with Gasteiger partial charge >= 0.3 is 6.09 Å². The number of piperidine rings is 1. The minimum atomic E-state index is -0.414. The molecule has 2 aliphatic rings. The van der Waals surface area contributed by atoms with Crippen LogP contribution in [0.1, 0.15) is 46.5 Å². The van der Waals surface area contributed by atoms with Crippen molar-refractivity contribution in [3.05, 3.63) is 24.3 Å². The molecule has 4 nitrogen and oxygen atoms in total. The lowest BCUT2D eigenvalue weighted by Gasteiger charge is -2.52. The number of nitrogens with zero attached hydrogens (tertiary/aromatic N) is 1. The molecule has 138 valence electrons. The molecular formula is C20H30N2O2S. The van der Waals surface area contributed by atoms with Gasteiger partial charge in [-0.05, 0) is 76.3 Å². The van der Waals surface area contributed by atoms with Crippen molar-refractivity contribution in [2.24, 2.45) is 5.41 Å². The largest absolute Gasteiger partial charge is 0.444 e. The molecule has 1 heterocycles. The molecule has 1 N–H and O–H groups in total. The second kappa shape index (κ2) is 7.10. The summed E-state index contributed by atoms with van der Waals surface area (Å²) < 4.78 is 5.49. The first-order valence-electron chi connectivity index (χ1n) is 9.17. The van der Waals surface area contributed by atoms with Gasteiger partial charge in [-0.25, -0.2) is 4.79 Å². The van der Waals surface area contributed by atoms with Crippen LogP contribution in [0, 0.1) is 5.41 Å². The highest BCUT2D eigenvalue weighted by molar-refractivity contribution is 7.98. The van der Waals surface area contributed by atoms with E-state index in [2.05, 4.69) is 35.8 Å². The quantitative estimate of drug-likeness (QED) is 0.768. The fraction of sp³-hybridized carbons (Fsp3) is 0.650. The van der Waals surface area contributed by atoms with Gasteiger partial charge in [0.1, 0.15) is 5.60 Å². The Kier molecular flexibility index (Phi) is 5.24. The predicted molar refractivity (Wildman–Crippen MR) is 104 cm³/mol. The molecule has 1 spiro atoms. The molecule has 2 fully saturated rings. The normalized spacial score (nSPS) is 20.2. The summed E-state index contributed by atoms with van der Waals surface area (Å²) in [5, 5.41) is 3.67. The molecular weight excluding hydrogens is 332 g/mol. The Bertz CT molecular complexity index is 610. The third kappa shape index (κ3) is 4.63. The van der Waals surface area contributed by atoms with Crippen LogP contribution in [-0.4, -0.2) is 42.0 Å². The number of ether oxygens (including phenoxy) is 1. The predicted octanol–water partition coefficient (Wildman–Crippen LogP) is 5.00. The number of anilines is 1. The first-order valence-corrected chi connectivity index (χ1v) is 10.4. The third-order valence-electron chi connectivity index (χ3n) is 5.28. The number of thioether (sulfide) groups is 1. The summed E-state index contributed by atoms with van der Waals surface area (Å²) in [6.07, 6.45) is 6.54. The summed E-state index contributed by atoms with van der Waals surface area (Å²) in [6.45, 7) is 7.41. The van der Waals surface area contributed by atoms with Crippen LogP contribution >= 0.6 is 11.8 Å². The van der Waals surface area contributed by atoms with Crippen molar-refractivity contribution in [3.63, 3.8) is 0 Å². The average Bonchev–Trinajstić information content (AvgIpc) is 2.52. The summed E-state index contributed by atoms with van der Waals surface area (Å²) in [5.41, 5.74) is 1.23. The number of benzene rings is 1.